The summed E-state index contributed by atoms with van der Waals surface area (Å²) >= 11 is 0. The second kappa shape index (κ2) is 9.37. The number of hydrogen-bond donors (Lipinski definition) is 2. The van der Waals surface area contributed by atoms with Gasteiger partial charge in [-0.1, -0.05) is 12.1 Å². The second-order valence-corrected chi connectivity index (χ2v) is 8.44. The number of carbonyl (C=O) groups is 2. The number of carbonyl (C=O) groups excluding carboxylic acids is 2. The van der Waals surface area contributed by atoms with Crippen molar-refractivity contribution < 1.29 is 32.2 Å². The molecular weight excluding hydrogens is 428 g/mol. The van der Waals surface area contributed by atoms with Crippen molar-refractivity contribution in [2.24, 2.45) is 0 Å². The monoisotopic (exact) mass is 450 g/mol. The molecule has 0 saturated carbocycles. The third kappa shape index (κ3) is 5.96. The van der Waals surface area contributed by atoms with Crippen LogP contribution < -0.4 is 10.0 Å². The Kier molecular flexibility index (Phi) is 6.83. The minimum absolute atomic E-state index is 0.0501. The fourth-order valence-corrected chi connectivity index (χ4v) is 3.99. The van der Waals surface area contributed by atoms with Crippen molar-refractivity contribution in [1.29, 1.82) is 0 Å². The van der Waals surface area contributed by atoms with Gasteiger partial charge in [-0.05, 0) is 39.0 Å². The summed E-state index contributed by atoms with van der Waals surface area (Å²) in [6.07, 6.45) is -0.843. The molecule has 1 aliphatic rings. The Bertz CT molecular complexity index is 1070. The summed E-state index contributed by atoms with van der Waals surface area (Å²) in [5.41, 5.74) is 0.979. The predicted octanol–water partition coefficient (Wildman–Crippen LogP) is 1.52. The maximum absolute atomic E-state index is 12.7. The molecule has 3 rings (SSSR count). The van der Waals surface area contributed by atoms with Crippen LogP contribution in [-0.2, 0) is 24.2 Å². The van der Waals surface area contributed by atoms with Gasteiger partial charge in [0.15, 0.2) is 6.29 Å². The summed E-state index contributed by atoms with van der Waals surface area (Å²) in [7, 11) is -4.40. The van der Waals surface area contributed by atoms with Gasteiger partial charge in [0.25, 0.3) is 10.0 Å². The van der Waals surface area contributed by atoms with Gasteiger partial charge in [-0.2, -0.15) is 0 Å². The smallest absolute Gasteiger partial charge is 0.339 e. The Morgan fingerprint density at radius 3 is 2.52 bits per heavy atom. The highest BCUT2D eigenvalue weighted by atomic mass is 32.2. The maximum Gasteiger partial charge on any atom is 0.339 e. The van der Waals surface area contributed by atoms with Gasteiger partial charge >= 0.3 is 12.0 Å². The number of esters is 1. The molecule has 166 valence electrons. The quantitative estimate of drug-likeness (QED) is 0.625. The fourth-order valence-electron chi connectivity index (χ4n) is 2.88. The number of urea groups is 1. The van der Waals surface area contributed by atoms with E-state index < -0.39 is 39.3 Å². The van der Waals surface area contributed by atoms with Gasteiger partial charge in [0.1, 0.15) is 17.6 Å². The van der Waals surface area contributed by atoms with Gasteiger partial charge in [-0.15, -0.1) is 0 Å². The lowest BCUT2D eigenvalue weighted by Gasteiger charge is -2.13. The van der Waals surface area contributed by atoms with E-state index in [9.17, 15) is 18.0 Å². The molecule has 11 nitrogen and oxygen atoms in total. The average molecular weight is 450 g/mol. The van der Waals surface area contributed by atoms with Gasteiger partial charge in [-0.3, -0.25) is 5.32 Å². The minimum atomic E-state index is -4.40. The second-order valence-electron chi connectivity index (χ2n) is 6.79. The zero-order valence-corrected chi connectivity index (χ0v) is 17.9. The first-order chi connectivity index (χ1) is 14.6. The van der Waals surface area contributed by atoms with Crippen LogP contribution in [0, 0.1) is 13.8 Å². The van der Waals surface area contributed by atoms with Crippen LogP contribution in [-0.4, -0.2) is 56.0 Å². The van der Waals surface area contributed by atoms with Crippen LogP contribution in [0.1, 0.15) is 28.7 Å². The molecule has 2 heterocycles. The first-order valence-electron chi connectivity index (χ1n) is 9.33. The van der Waals surface area contributed by atoms with E-state index in [0.29, 0.717) is 11.4 Å². The van der Waals surface area contributed by atoms with Crippen LogP contribution in [0.4, 0.5) is 10.7 Å². The molecule has 0 aliphatic carbocycles. The van der Waals surface area contributed by atoms with E-state index in [1.54, 1.807) is 26.8 Å². The number of nitrogens with one attached hydrogen (secondary N) is 2. The van der Waals surface area contributed by atoms with Crippen molar-refractivity contribution in [3.05, 3.63) is 47.3 Å². The topological polar surface area (TPSA) is 146 Å². The van der Waals surface area contributed by atoms with E-state index >= 15 is 0 Å². The summed E-state index contributed by atoms with van der Waals surface area (Å²) in [6.45, 7) is 5.29. The Morgan fingerprint density at radius 1 is 1.19 bits per heavy atom. The van der Waals surface area contributed by atoms with Crippen LogP contribution in [0.25, 0.3) is 0 Å². The predicted molar refractivity (Wildman–Crippen MR) is 108 cm³/mol. The molecule has 1 aromatic heterocycles. The number of aromatic nitrogens is 2. The third-order valence-electron chi connectivity index (χ3n) is 4.13. The molecule has 1 aromatic carbocycles. The molecule has 0 spiro atoms. The fraction of sp³-hybridized carbons (Fsp3) is 0.368. The van der Waals surface area contributed by atoms with E-state index in [1.165, 1.54) is 24.3 Å². The van der Waals surface area contributed by atoms with Crippen LogP contribution >= 0.6 is 0 Å². The highest BCUT2D eigenvalue weighted by Crippen LogP contribution is 2.18. The first-order valence-corrected chi connectivity index (χ1v) is 10.8. The number of anilines is 1. The third-order valence-corrected chi connectivity index (χ3v) is 5.52. The normalized spacial score (nSPS) is 18.4. The van der Waals surface area contributed by atoms with Crippen LogP contribution in [0.15, 0.2) is 35.2 Å². The molecule has 2 aromatic rings. The summed E-state index contributed by atoms with van der Waals surface area (Å²) in [6, 6.07) is 6.01. The van der Waals surface area contributed by atoms with Crippen molar-refractivity contribution in [2.75, 3.05) is 18.5 Å². The maximum atomic E-state index is 12.7. The Labute approximate surface area is 179 Å². The van der Waals surface area contributed by atoms with E-state index in [0.717, 1.165) is 0 Å². The van der Waals surface area contributed by atoms with E-state index in [2.05, 4.69) is 15.3 Å². The summed E-state index contributed by atoms with van der Waals surface area (Å²) in [5.74, 6) is -0.923. The van der Waals surface area contributed by atoms with Crippen molar-refractivity contribution in [3.8, 4) is 0 Å². The van der Waals surface area contributed by atoms with Crippen LogP contribution in [0.3, 0.4) is 0 Å². The van der Waals surface area contributed by atoms with Crippen molar-refractivity contribution in [1.82, 2.24) is 14.7 Å². The molecule has 2 atom stereocenters. The summed E-state index contributed by atoms with van der Waals surface area (Å²) in [5, 5.41) is 2.27. The van der Waals surface area contributed by atoms with Gasteiger partial charge in [-0.25, -0.2) is 32.7 Å². The Hall–Kier alpha value is -3.09. The van der Waals surface area contributed by atoms with Gasteiger partial charge in [0.2, 0.25) is 5.95 Å². The van der Waals surface area contributed by atoms with Gasteiger partial charge in [0.05, 0.1) is 12.2 Å². The highest BCUT2D eigenvalue weighted by Gasteiger charge is 2.28. The molecule has 1 saturated heterocycles. The lowest BCUT2D eigenvalue weighted by Crippen LogP contribution is -2.35. The molecule has 12 heteroatoms. The van der Waals surface area contributed by atoms with E-state index in [4.69, 9.17) is 14.2 Å². The van der Waals surface area contributed by atoms with Gasteiger partial charge in [0, 0.05) is 11.4 Å². The number of aryl methyl sites for hydroxylation is 2. The number of rotatable bonds is 6. The minimum Gasteiger partial charge on any atom is -0.459 e. The Balaban J connectivity index is 1.70. The van der Waals surface area contributed by atoms with Gasteiger partial charge < -0.3 is 14.2 Å². The lowest BCUT2D eigenvalue weighted by molar-refractivity contribution is -0.0536. The van der Waals surface area contributed by atoms with Crippen LogP contribution in [0.5, 0.6) is 0 Å². The summed E-state index contributed by atoms with van der Waals surface area (Å²) in [4.78, 5) is 32.3. The molecule has 2 amide bonds. The largest absolute Gasteiger partial charge is 0.459 e. The standard InChI is InChI=1S/C19H22N4O7S/c1-11-8-12(2)21-18(20-11)22-19(25)23-31(26,27)16-7-5-4-6-15(16)17(24)29-10-14-9-28-13(3)30-14/h4-8,13-14H,9-10H2,1-3H3,(H2,20,21,22,23,25). The average Bonchev–Trinajstić information content (AvgIpc) is 3.10. The molecule has 31 heavy (non-hydrogen) atoms. The molecule has 2 unspecified atom stereocenters. The van der Waals surface area contributed by atoms with E-state index in [-0.39, 0.29) is 24.7 Å². The molecule has 0 radical (unpaired) electrons. The van der Waals surface area contributed by atoms with E-state index in [1.807, 2.05) is 4.72 Å². The van der Waals surface area contributed by atoms with Crippen LogP contribution in [0.2, 0.25) is 0 Å². The molecule has 1 aliphatic heterocycles. The number of ether oxygens (including phenoxy) is 3. The first kappa shape index (κ1) is 22.6. The zero-order chi connectivity index (χ0) is 22.6. The molecule has 1 fully saturated rings. The molecular formula is C19H22N4O7S. The number of amides is 2. The molecule has 2 N–H and O–H groups in total. The SMILES string of the molecule is Cc1cc(C)nc(NC(=O)NS(=O)(=O)c2ccccc2C(=O)OCC2COC(C)O2)n1. The highest BCUT2D eigenvalue weighted by molar-refractivity contribution is 7.90. The zero-order valence-electron chi connectivity index (χ0n) is 17.1. The summed E-state index contributed by atoms with van der Waals surface area (Å²) < 4.78 is 43.1. The number of sulfonamides is 1. The number of nitrogens with zero attached hydrogens (tertiary/aromatic N) is 2. The van der Waals surface area contributed by atoms with Crippen molar-refractivity contribution in [3.63, 3.8) is 0 Å². The number of hydrogen-bond acceptors (Lipinski definition) is 9. The van der Waals surface area contributed by atoms with Crippen molar-refractivity contribution in [2.45, 2.75) is 38.1 Å². The lowest BCUT2D eigenvalue weighted by atomic mass is 10.2. The Morgan fingerprint density at radius 2 is 1.87 bits per heavy atom. The van der Waals surface area contributed by atoms with Crippen molar-refractivity contribution >= 4 is 28.0 Å². The number of benzene rings is 1. The molecule has 0 bridgehead atoms.